The fourth-order valence-electron chi connectivity index (χ4n) is 2.42. The van der Waals surface area contributed by atoms with Crippen LogP contribution in [0.25, 0.3) is 0 Å². The van der Waals surface area contributed by atoms with Gasteiger partial charge in [0.1, 0.15) is 17.6 Å². The van der Waals surface area contributed by atoms with Crippen LogP contribution in [0.1, 0.15) is 26.7 Å². The number of para-hydroxylation sites is 1. The first-order valence-corrected chi connectivity index (χ1v) is 7.96. The van der Waals surface area contributed by atoms with E-state index in [2.05, 4.69) is 0 Å². The van der Waals surface area contributed by atoms with Crippen LogP contribution in [0.4, 0.5) is 0 Å². The minimum Gasteiger partial charge on any atom is -0.480 e. The van der Waals surface area contributed by atoms with E-state index in [1.165, 1.54) is 11.0 Å². The molecule has 0 saturated carbocycles. The van der Waals surface area contributed by atoms with Gasteiger partial charge in [-0.1, -0.05) is 44.0 Å². The van der Waals surface area contributed by atoms with Crippen molar-refractivity contribution < 1.29 is 19.4 Å². The van der Waals surface area contributed by atoms with Gasteiger partial charge < -0.3 is 14.7 Å². The number of amides is 1. The highest BCUT2D eigenvalue weighted by molar-refractivity contribution is 6.32. The standard InChI is InChI=1S/C17H20ClNO4/c1-3-11(2)8-14(17(21)22)19-10-12(9-16(19)20)23-15-7-5-4-6-13(15)18/h4-7,9,11,14H,3,8,10H2,1-2H3,(H,21,22)/t11-,14-/m0/s1. The van der Waals surface area contributed by atoms with Gasteiger partial charge in [0, 0.05) is 6.08 Å². The number of hydrogen-bond acceptors (Lipinski definition) is 3. The van der Waals surface area contributed by atoms with Crippen LogP contribution in [0.3, 0.4) is 0 Å². The molecule has 0 aromatic heterocycles. The first-order chi connectivity index (χ1) is 10.9. The lowest BCUT2D eigenvalue weighted by molar-refractivity contribution is -0.148. The summed E-state index contributed by atoms with van der Waals surface area (Å²) < 4.78 is 5.64. The second-order valence-corrected chi connectivity index (χ2v) is 6.12. The Kier molecular flexibility index (Phi) is 5.66. The molecule has 1 N–H and O–H groups in total. The Bertz CT molecular complexity index is 629. The van der Waals surface area contributed by atoms with Gasteiger partial charge in [-0.2, -0.15) is 0 Å². The minimum atomic E-state index is -0.994. The number of halogens is 1. The average Bonchev–Trinajstić information content (AvgIpc) is 2.87. The molecule has 124 valence electrons. The molecule has 23 heavy (non-hydrogen) atoms. The fourth-order valence-corrected chi connectivity index (χ4v) is 2.59. The third kappa shape index (κ3) is 4.26. The highest BCUT2D eigenvalue weighted by atomic mass is 35.5. The Morgan fingerprint density at radius 1 is 1.43 bits per heavy atom. The largest absolute Gasteiger partial charge is 0.480 e. The first-order valence-electron chi connectivity index (χ1n) is 7.58. The molecule has 2 rings (SSSR count). The molecule has 5 nitrogen and oxygen atoms in total. The average molecular weight is 338 g/mol. The Morgan fingerprint density at radius 2 is 2.13 bits per heavy atom. The quantitative estimate of drug-likeness (QED) is 0.828. The number of carboxylic acid groups (broad SMARTS) is 1. The zero-order valence-electron chi connectivity index (χ0n) is 13.2. The summed E-state index contributed by atoms with van der Waals surface area (Å²) in [6.45, 7) is 4.11. The minimum absolute atomic E-state index is 0.136. The summed E-state index contributed by atoms with van der Waals surface area (Å²) in [5.41, 5.74) is 0. The molecule has 0 aliphatic carbocycles. The van der Waals surface area contributed by atoms with Crippen molar-refractivity contribution in [1.29, 1.82) is 0 Å². The molecule has 0 spiro atoms. The molecule has 2 atom stereocenters. The monoisotopic (exact) mass is 337 g/mol. The summed E-state index contributed by atoms with van der Waals surface area (Å²) in [4.78, 5) is 25.0. The summed E-state index contributed by atoms with van der Waals surface area (Å²) in [6.07, 6.45) is 2.61. The van der Waals surface area contributed by atoms with Crippen LogP contribution in [-0.2, 0) is 9.59 Å². The van der Waals surface area contributed by atoms with Crippen molar-refractivity contribution in [2.75, 3.05) is 6.54 Å². The molecule has 1 aromatic rings. The number of aliphatic carboxylic acids is 1. The topological polar surface area (TPSA) is 66.8 Å². The van der Waals surface area contributed by atoms with Crippen LogP contribution in [0, 0.1) is 5.92 Å². The molecule has 0 fully saturated rings. The van der Waals surface area contributed by atoms with Crippen molar-refractivity contribution in [3.8, 4) is 5.75 Å². The van der Waals surface area contributed by atoms with E-state index in [1.54, 1.807) is 24.3 Å². The van der Waals surface area contributed by atoms with Gasteiger partial charge in [0.15, 0.2) is 0 Å². The van der Waals surface area contributed by atoms with Crippen molar-refractivity contribution in [2.45, 2.75) is 32.7 Å². The van der Waals surface area contributed by atoms with Crippen LogP contribution >= 0.6 is 11.6 Å². The highest BCUT2D eigenvalue weighted by Gasteiger charge is 2.34. The van der Waals surface area contributed by atoms with Gasteiger partial charge in [-0.05, 0) is 24.5 Å². The molecule has 1 aliphatic rings. The third-order valence-electron chi connectivity index (χ3n) is 3.96. The zero-order valence-corrected chi connectivity index (χ0v) is 13.9. The Labute approximate surface area is 140 Å². The SMILES string of the molecule is CC[C@H](C)C[C@@H](C(=O)O)N1CC(Oc2ccccc2Cl)=CC1=O. The number of carboxylic acids is 1. The summed E-state index contributed by atoms with van der Waals surface area (Å²) in [5, 5.41) is 9.88. The maximum Gasteiger partial charge on any atom is 0.326 e. The molecule has 1 amide bonds. The maximum atomic E-state index is 12.1. The normalized spacial score (nSPS) is 16.9. The van der Waals surface area contributed by atoms with E-state index in [0.717, 1.165) is 6.42 Å². The maximum absolute atomic E-state index is 12.1. The van der Waals surface area contributed by atoms with Crippen molar-refractivity contribution in [2.24, 2.45) is 5.92 Å². The number of rotatable bonds is 7. The van der Waals surface area contributed by atoms with Crippen LogP contribution < -0.4 is 4.74 Å². The van der Waals surface area contributed by atoms with E-state index >= 15 is 0 Å². The third-order valence-corrected chi connectivity index (χ3v) is 4.27. The lowest BCUT2D eigenvalue weighted by Crippen LogP contribution is -2.43. The van der Waals surface area contributed by atoms with Crippen molar-refractivity contribution in [3.63, 3.8) is 0 Å². The molecular weight excluding hydrogens is 318 g/mol. The molecule has 0 unspecified atom stereocenters. The molecule has 1 heterocycles. The van der Waals surface area contributed by atoms with Crippen molar-refractivity contribution in [3.05, 3.63) is 41.1 Å². The number of carbonyl (C=O) groups excluding carboxylic acids is 1. The van der Waals surface area contributed by atoms with Gasteiger partial charge in [-0.15, -0.1) is 0 Å². The van der Waals surface area contributed by atoms with Crippen molar-refractivity contribution in [1.82, 2.24) is 4.90 Å². The predicted octanol–water partition coefficient (Wildman–Crippen LogP) is 3.33. The number of carbonyl (C=O) groups is 2. The lowest BCUT2D eigenvalue weighted by Gasteiger charge is -2.26. The number of nitrogens with zero attached hydrogens (tertiary/aromatic N) is 1. The van der Waals surface area contributed by atoms with Gasteiger partial charge >= 0.3 is 5.97 Å². The van der Waals surface area contributed by atoms with E-state index in [9.17, 15) is 14.7 Å². The highest BCUT2D eigenvalue weighted by Crippen LogP contribution is 2.28. The van der Waals surface area contributed by atoms with E-state index in [0.29, 0.717) is 23.0 Å². The molecule has 0 radical (unpaired) electrons. The van der Waals surface area contributed by atoms with Crippen LogP contribution in [0.2, 0.25) is 5.02 Å². The van der Waals surface area contributed by atoms with Gasteiger partial charge in [0.05, 0.1) is 11.6 Å². The molecule has 6 heteroatoms. The van der Waals surface area contributed by atoms with Crippen LogP contribution in [0.5, 0.6) is 5.75 Å². The van der Waals surface area contributed by atoms with E-state index in [4.69, 9.17) is 16.3 Å². The Hall–Kier alpha value is -2.01. The van der Waals surface area contributed by atoms with E-state index in [-0.39, 0.29) is 18.4 Å². The smallest absolute Gasteiger partial charge is 0.326 e. The second kappa shape index (κ2) is 7.51. The van der Waals surface area contributed by atoms with Gasteiger partial charge in [-0.25, -0.2) is 4.79 Å². The van der Waals surface area contributed by atoms with Crippen LogP contribution in [0.15, 0.2) is 36.1 Å². The number of ether oxygens (including phenoxy) is 1. The Morgan fingerprint density at radius 3 is 2.74 bits per heavy atom. The Balaban J connectivity index is 2.09. The molecule has 1 aliphatic heterocycles. The summed E-state index contributed by atoms with van der Waals surface area (Å²) in [5.74, 6) is -0.270. The lowest BCUT2D eigenvalue weighted by atomic mass is 9.98. The van der Waals surface area contributed by atoms with Crippen molar-refractivity contribution >= 4 is 23.5 Å². The second-order valence-electron chi connectivity index (χ2n) is 5.71. The molecular formula is C17H20ClNO4. The van der Waals surface area contributed by atoms with Gasteiger partial charge in [0.2, 0.25) is 0 Å². The molecule has 0 saturated heterocycles. The summed E-state index contributed by atoms with van der Waals surface area (Å²) >= 11 is 6.03. The summed E-state index contributed by atoms with van der Waals surface area (Å²) in [6, 6.07) is 6.10. The first kappa shape index (κ1) is 17.3. The summed E-state index contributed by atoms with van der Waals surface area (Å²) in [7, 11) is 0. The number of benzene rings is 1. The zero-order chi connectivity index (χ0) is 17.0. The van der Waals surface area contributed by atoms with Gasteiger partial charge in [-0.3, -0.25) is 4.79 Å². The number of hydrogen-bond donors (Lipinski definition) is 1. The molecule has 0 bridgehead atoms. The predicted molar refractivity (Wildman–Crippen MR) is 87.4 cm³/mol. The van der Waals surface area contributed by atoms with Gasteiger partial charge in [0.25, 0.3) is 5.91 Å². The van der Waals surface area contributed by atoms with E-state index in [1.807, 2.05) is 13.8 Å². The fraction of sp³-hybridized carbons (Fsp3) is 0.412. The molecule has 1 aromatic carbocycles. The van der Waals surface area contributed by atoms with E-state index < -0.39 is 12.0 Å². The van der Waals surface area contributed by atoms with Crippen LogP contribution in [-0.4, -0.2) is 34.5 Å².